The van der Waals surface area contributed by atoms with Gasteiger partial charge in [0, 0.05) is 11.9 Å². The summed E-state index contributed by atoms with van der Waals surface area (Å²) in [5.41, 5.74) is 3.63. The summed E-state index contributed by atoms with van der Waals surface area (Å²) in [6, 6.07) is 8.73. The molecule has 0 aliphatic carbocycles. The van der Waals surface area contributed by atoms with Crippen molar-refractivity contribution in [1.29, 1.82) is 0 Å². The van der Waals surface area contributed by atoms with Crippen LogP contribution in [0, 0.1) is 6.92 Å². The molecule has 2 aromatic rings. The predicted molar refractivity (Wildman–Crippen MR) is 67.0 cm³/mol. The van der Waals surface area contributed by atoms with Gasteiger partial charge in [0.25, 0.3) is 0 Å². The second-order valence-electron chi connectivity index (χ2n) is 4.32. The number of nitrogens with zero attached hydrogens (tertiary/aromatic N) is 2. The van der Waals surface area contributed by atoms with Gasteiger partial charge in [-0.2, -0.15) is 0 Å². The van der Waals surface area contributed by atoms with Gasteiger partial charge in [-0.05, 0) is 37.0 Å². The van der Waals surface area contributed by atoms with Gasteiger partial charge in [-0.1, -0.05) is 26.0 Å². The Morgan fingerprint density at radius 2 is 1.94 bits per heavy atom. The molecule has 0 saturated carbocycles. The molecule has 2 heteroatoms. The zero-order valence-electron chi connectivity index (χ0n) is 10.1. The van der Waals surface area contributed by atoms with E-state index in [0.29, 0.717) is 5.92 Å². The first-order valence-corrected chi connectivity index (χ1v) is 5.81. The monoisotopic (exact) mass is 214 g/mol. The lowest BCUT2D eigenvalue weighted by Gasteiger charge is -2.09. The zero-order valence-corrected chi connectivity index (χ0v) is 10.1. The van der Waals surface area contributed by atoms with Crippen molar-refractivity contribution in [3.05, 3.63) is 48.0 Å². The summed E-state index contributed by atoms with van der Waals surface area (Å²) in [7, 11) is 0. The molecule has 2 rings (SSSR count). The minimum atomic E-state index is 0.638. The topological polar surface area (TPSA) is 17.8 Å². The van der Waals surface area contributed by atoms with Crippen LogP contribution in [0.5, 0.6) is 0 Å². The molecule has 1 unspecified atom stereocenters. The van der Waals surface area contributed by atoms with Crippen molar-refractivity contribution in [3.8, 4) is 5.69 Å². The Kier molecular flexibility index (Phi) is 3.09. The Bertz CT molecular complexity index is 454. The summed E-state index contributed by atoms with van der Waals surface area (Å²) >= 11 is 0. The fraction of sp³-hybridized carbons (Fsp3) is 0.357. The van der Waals surface area contributed by atoms with Crippen LogP contribution in [-0.4, -0.2) is 9.55 Å². The van der Waals surface area contributed by atoms with Gasteiger partial charge in [0.1, 0.15) is 0 Å². The predicted octanol–water partition coefficient (Wildman–Crippen LogP) is 3.69. The van der Waals surface area contributed by atoms with Gasteiger partial charge in [0.15, 0.2) is 0 Å². The summed E-state index contributed by atoms with van der Waals surface area (Å²) in [5, 5.41) is 0. The minimum Gasteiger partial charge on any atom is -0.306 e. The number of hydrogen-bond donors (Lipinski definition) is 0. The first-order valence-electron chi connectivity index (χ1n) is 5.81. The normalized spacial score (nSPS) is 12.7. The highest BCUT2D eigenvalue weighted by molar-refractivity contribution is 5.36. The lowest BCUT2D eigenvalue weighted by molar-refractivity contribution is 0.733. The van der Waals surface area contributed by atoms with Crippen LogP contribution in [0.2, 0.25) is 0 Å². The summed E-state index contributed by atoms with van der Waals surface area (Å²) in [5.74, 6) is 0.638. The van der Waals surface area contributed by atoms with E-state index in [9.17, 15) is 0 Å². The first kappa shape index (κ1) is 10.9. The third-order valence-electron chi connectivity index (χ3n) is 3.08. The Morgan fingerprint density at radius 3 is 2.44 bits per heavy atom. The quantitative estimate of drug-likeness (QED) is 0.761. The number of aryl methyl sites for hydroxylation is 1. The van der Waals surface area contributed by atoms with E-state index >= 15 is 0 Å². The van der Waals surface area contributed by atoms with Crippen molar-refractivity contribution in [1.82, 2.24) is 9.55 Å². The molecule has 0 spiro atoms. The lowest BCUT2D eigenvalue weighted by Crippen LogP contribution is -1.93. The zero-order chi connectivity index (χ0) is 11.5. The SMILES string of the molecule is CCC(C)c1ccc(-n2cnc(C)c2)cc1. The van der Waals surface area contributed by atoms with Crippen LogP contribution in [0.3, 0.4) is 0 Å². The number of benzene rings is 1. The number of rotatable bonds is 3. The molecule has 0 N–H and O–H groups in total. The smallest absolute Gasteiger partial charge is 0.0995 e. The highest BCUT2D eigenvalue weighted by Gasteiger charge is 2.03. The Balaban J connectivity index is 2.25. The van der Waals surface area contributed by atoms with Gasteiger partial charge < -0.3 is 4.57 Å². The molecule has 0 fully saturated rings. The molecule has 1 aromatic carbocycles. The molecular formula is C14H18N2. The maximum Gasteiger partial charge on any atom is 0.0995 e. The van der Waals surface area contributed by atoms with Crippen molar-refractivity contribution in [2.24, 2.45) is 0 Å². The maximum atomic E-state index is 4.23. The van der Waals surface area contributed by atoms with Gasteiger partial charge in [-0.25, -0.2) is 4.98 Å². The van der Waals surface area contributed by atoms with Crippen LogP contribution in [0.4, 0.5) is 0 Å². The van der Waals surface area contributed by atoms with E-state index < -0.39 is 0 Å². The molecule has 0 aliphatic heterocycles. The van der Waals surface area contributed by atoms with Gasteiger partial charge in [0.2, 0.25) is 0 Å². The van der Waals surface area contributed by atoms with Crippen molar-refractivity contribution < 1.29 is 0 Å². The third-order valence-corrected chi connectivity index (χ3v) is 3.08. The van der Waals surface area contributed by atoms with E-state index in [1.165, 1.54) is 17.7 Å². The van der Waals surface area contributed by atoms with E-state index in [0.717, 1.165) is 5.69 Å². The van der Waals surface area contributed by atoms with E-state index in [-0.39, 0.29) is 0 Å². The van der Waals surface area contributed by atoms with E-state index in [4.69, 9.17) is 0 Å². The molecule has 0 bridgehead atoms. The molecule has 1 heterocycles. The molecule has 2 nitrogen and oxygen atoms in total. The largest absolute Gasteiger partial charge is 0.306 e. The summed E-state index contributed by atoms with van der Waals surface area (Å²) in [6.07, 6.45) is 5.08. The third kappa shape index (κ3) is 2.16. The standard InChI is InChI=1S/C14H18N2/c1-4-11(2)13-5-7-14(8-6-13)16-9-12(3)15-10-16/h5-11H,4H2,1-3H3. The van der Waals surface area contributed by atoms with Gasteiger partial charge >= 0.3 is 0 Å². The molecule has 1 atom stereocenters. The van der Waals surface area contributed by atoms with Crippen LogP contribution in [0.25, 0.3) is 5.69 Å². The Morgan fingerprint density at radius 1 is 1.25 bits per heavy atom. The molecule has 0 radical (unpaired) electrons. The highest BCUT2D eigenvalue weighted by atomic mass is 15.0. The second kappa shape index (κ2) is 4.52. The number of imidazole rings is 1. The fourth-order valence-corrected chi connectivity index (χ4v) is 1.77. The molecule has 0 aliphatic rings. The fourth-order valence-electron chi connectivity index (χ4n) is 1.77. The van der Waals surface area contributed by atoms with Crippen LogP contribution >= 0.6 is 0 Å². The Labute approximate surface area is 97.0 Å². The van der Waals surface area contributed by atoms with Crippen molar-refractivity contribution in [2.75, 3.05) is 0 Å². The molecule has 1 aromatic heterocycles. The minimum absolute atomic E-state index is 0.638. The molecular weight excluding hydrogens is 196 g/mol. The second-order valence-corrected chi connectivity index (χ2v) is 4.32. The lowest BCUT2D eigenvalue weighted by atomic mass is 9.99. The van der Waals surface area contributed by atoms with Crippen LogP contribution in [-0.2, 0) is 0 Å². The van der Waals surface area contributed by atoms with Crippen LogP contribution in [0.1, 0.15) is 37.4 Å². The van der Waals surface area contributed by atoms with E-state index in [2.05, 4.69) is 47.7 Å². The average Bonchev–Trinajstić information content (AvgIpc) is 2.75. The molecule has 0 saturated heterocycles. The first-order chi connectivity index (χ1) is 7.70. The summed E-state index contributed by atoms with van der Waals surface area (Å²) in [4.78, 5) is 4.23. The van der Waals surface area contributed by atoms with Crippen LogP contribution < -0.4 is 0 Å². The molecule has 16 heavy (non-hydrogen) atoms. The Hall–Kier alpha value is -1.57. The summed E-state index contributed by atoms with van der Waals surface area (Å²) < 4.78 is 2.05. The molecule has 0 amide bonds. The highest BCUT2D eigenvalue weighted by Crippen LogP contribution is 2.20. The average molecular weight is 214 g/mol. The van der Waals surface area contributed by atoms with Gasteiger partial charge in [-0.3, -0.25) is 0 Å². The van der Waals surface area contributed by atoms with E-state index in [1.54, 1.807) is 0 Å². The number of aromatic nitrogens is 2. The van der Waals surface area contributed by atoms with Crippen molar-refractivity contribution >= 4 is 0 Å². The van der Waals surface area contributed by atoms with E-state index in [1.807, 2.05) is 19.4 Å². The maximum absolute atomic E-state index is 4.23. The van der Waals surface area contributed by atoms with Gasteiger partial charge in [0.05, 0.1) is 12.0 Å². The van der Waals surface area contributed by atoms with Crippen molar-refractivity contribution in [3.63, 3.8) is 0 Å². The molecule has 84 valence electrons. The number of hydrogen-bond acceptors (Lipinski definition) is 1. The van der Waals surface area contributed by atoms with Crippen LogP contribution in [0.15, 0.2) is 36.8 Å². The van der Waals surface area contributed by atoms with Gasteiger partial charge in [-0.15, -0.1) is 0 Å². The van der Waals surface area contributed by atoms with Crippen molar-refractivity contribution in [2.45, 2.75) is 33.1 Å². The summed E-state index contributed by atoms with van der Waals surface area (Å²) in [6.45, 7) is 6.48.